The van der Waals surface area contributed by atoms with E-state index in [1.807, 2.05) is 4.90 Å². The monoisotopic (exact) mass is 383 g/mol. The number of carbonyl (C=O) groups is 1. The SMILES string of the molecule is Cc1ccc(-c2csc3ncnc(SCC(=O)N4CCCC4)c23)cc1C. The maximum atomic E-state index is 12.4. The van der Waals surface area contributed by atoms with Crippen molar-refractivity contribution in [1.82, 2.24) is 14.9 Å². The zero-order valence-corrected chi connectivity index (χ0v) is 16.6. The summed E-state index contributed by atoms with van der Waals surface area (Å²) in [5, 5.41) is 4.12. The molecule has 1 fully saturated rings. The number of thioether (sulfide) groups is 1. The van der Waals surface area contributed by atoms with Crippen LogP contribution >= 0.6 is 23.1 Å². The lowest BCUT2D eigenvalue weighted by atomic mass is 10.0. The fourth-order valence-corrected chi connectivity index (χ4v) is 5.16. The van der Waals surface area contributed by atoms with E-state index in [0.717, 1.165) is 46.7 Å². The summed E-state index contributed by atoms with van der Waals surface area (Å²) in [6.07, 6.45) is 3.84. The molecule has 0 bridgehead atoms. The summed E-state index contributed by atoms with van der Waals surface area (Å²) in [6.45, 7) is 6.04. The number of benzene rings is 1. The van der Waals surface area contributed by atoms with Gasteiger partial charge in [0.2, 0.25) is 5.91 Å². The lowest BCUT2D eigenvalue weighted by molar-refractivity contribution is -0.127. The van der Waals surface area contributed by atoms with Crippen molar-refractivity contribution in [2.75, 3.05) is 18.8 Å². The molecule has 3 aromatic rings. The molecule has 0 atom stereocenters. The van der Waals surface area contributed by atoms with Crippen LogP contribution in [0, 0.1) is 13.8 Å². The van der Waals surface area contributed by atoms with Gasteiger partial charge in [0.25, 0.3) is 0 Å². The molecule has 1 saturated heterocycles. The van der Waals surface area contributed by atoms with Crippen molar-refractivity contribution in [2.24, 2.45) is 0 Å². The van der Waals surface area contributed by atoms with Crippen molar-refractivity contribution in [3.05, 3.63) is 41.0 Å². The number of nitrogens with zero attached hydrogens (tertiary/aromatic N) is 3. The fraction of sp³-hybridized carbons (Fsp3) is 0.350. The van der Waals surface area contributed by atoms with Crippen molar-refractivity contribution in [1.29, 1.82) is 0 Å². The van der Waals surface area contributed by atoms with Gasteiger partial charge in [0.1, 0.15) is 16.2 Å². The summed E-state index contributed by atoms with van der Waals surface area (Å²) in [6, 6.07) is 6.52. The van der Waals surface area contributed by atoms with Gasteiger partial charge in [0.05, 0.1) is 11.1 Å². The van der Waals surface area contributed by atoms with Crippen LogP contribution in [0.5, 0.6) is 0 Å². The van der Waals surface area contributed by atoms with Gasteiger partial charge < -0.3 is 4.90 Å². The average Bonchev–Trinajstić information content (AvgIpc) is 3.32. The van der Waals surface area contributed by atoms with Crippen LogP contribution in [0.4, 0.5) is 0 Å². The van der Waals surface area contributed by atoms with E-state index < -0.39 is 0 Å². The van der Waals surface area contributed by atoms with Crippen LogP contribution in [-0.4, -0.2) is 39.6 Å². The minimum Gasteiger partial charge on any atom is -0.342 e. The third-order valence-electron chi connectivity index (χ3n) is 4.94. The molecule has 0 unspecified atom stereocenters. The number of carbonyl (C=O) groups excluding carboxylic acids is 1. The van der Waals surface area contributed by atoms with Gasteiger partial charge >= 0.3 is 0 Å². The maximum absolute atomic E-state index is 12.4. The Labute approximate surface area is 161 Å². The molecule has 134 valence electrons. The Morgan fingerprint density at radius 2 is 2.00 bits per heavy atom. The van der Waals surface area contributed by atoms with E-state index in [0.29, 0.717) is 5.75 Å². The van der Waals surface area contributed by atoms with E-state index in [4.69, 9.17) is 0 Å². The van der Waals surface area contributed by atoms with Gasteiger partial charge in [-0.2, -0.15) is 0 Å². The standard InChI is InChI=1S/C20H21N3OS2/c1-13-5-6-15(9-14(13)2)16-10-25-19-18(16)20(22-12-21-19)26-11-17(24)23-7-3-4-8-23/h5-6,9-10,12H,3-4,7-8,11H2,1-2H3. The molecule has 3 heterocycles. The van der Waals surface area contributed by atoms with Crippen LogP contribution < -0.4 is 0 Å². The minimum absolute atomic E-state index is 0.210. The Morgan fingerprint density at radius 3 is 2.77 bits per heavy atom. The second-order valence-electron chi connectivity index (χ2n) is 6.68. The van der Waals surface area contributed by atoms with E-state index in [1.165, 1.54) is 28.5 Å². The zero-order valence-electron chi connectivity index (χ0n) is 15.0. The molecule has 1 amide bonds. The zero-order chi connectivity index (χ0) is 18.1. The van der Waals surface area contributed by atoms with E-state index in [-0.39, 0.29) is 5.91 Å². The number of thiophene rings is 1. The Morgan fingerprint density at radius 1 is 1.19 bits per heavy atom. The topological polar surface area (TPSA) is 46.1 Å². The summed E-state index contributed by atoms with van der Waals surface area (Å²) < 4.78 is 0. The predicted octanol–water partition coefficient (Wildman–Crippen LogP) is 4.69. The second-order valence-corrected chi connectivity index (χ2v) is 8.51. The molecule has 26 heavy (non-hydrogen) atoms. The molecular formula is C20H21N3OS2. The largest absolute Gasteiger partial charge is 0.342 e. The van der Waals surface area contributed by atoms with Crippen molar-refractivity contribution < 1.29 is 4.79 Å². The molecular weight excluding hydrogens is 362 g/mol. The van der Waals surface area contributed by atoms with E-state index >= 15 is 0 Å². The molecule has 4 nitrogen and oxygen atoms in total. The van der Waals surface area contributed by atoms with Gasteiger partial charge in [-0.3, -0.25) is 4.79 Å². The second kappa shape index (κ2) is 7.37. The number of hydrogen-bond acceptors (Lipinski definition) is 5. The number of fused-ring (bicyclic) bond motifs is 1. The van der Waals surface area contributed by atoms with Crippen LogP contribution in [0.3, 0.4) is 0 Å². The van der Waals surface area contributed by atoms with Gasteiger partial charge in [-0.1, -0.05) is 30.0 Å². The molecule has 2 aromatic heterocycles. The molecule has 0 spiro atoms. The van der Waals surface area contributed by atoms with Crippen molar-refractivity contribution in [3.8, 4) is 11.1 Å². The van der Waals surface area contributed by atoms with Gasteiger partial charge in [0.15, 0.2) is 0 Å². The summed E-state index contributed by atoms with van der Waals surface area (Å²) in [5.41, 5.74) is 4.90. The normalized spacial score (nSPS) is 14.3. The summed E-state index contributed by atoms with van der Waals surface area (Å²) >= 11 is 3.16. The van der Waals surface area contributed by atoms with Crippen molar-refractivity contribution in [3.63, 3.8) is 0 Å². The quantitative estimate of drug-likeness (QED) is 0.484. The van der Waals surface area contributed by atoms with Gasteiger partial charge in [-0.15, -0.1) is 11.3 Å². The summed E-state index contributed by atoms with van der Waals surface area (Å²) in [7, 11) is 0. The smallest absolute Gasteiger partial charge is 0.232 e. The molecule has 6 heteroatoms. The first-order valence-corrected chi connectivity index (χ1v) is 10.7. The van der Waals surface area contributed by atoms with Crippen molar-refractivity contribution >= 4 is 39.2 Å². The Hall–Kier alpha value is -1.92. The highest BCUT2D eigenvalue weighted by atomic mass is 32.2. The number of aryl methyl sites for hydroxylation is 2. The lowest BCUT2D eigenvalue weighted by Crippen LogP contribution is -2.29. The first kappa shape index (κ1) is 17.5. The third kappa shape index (κ3) is 3.35. The van der Waals surface area contributed by atoms with E-state index in [1.54, 1.807) is 17.7 Å². The van der Waals surface area contributed by atoms with Gasteiger partial charge in [0, 0.05) is 24.0 Å². The number of hydrogen-bond donors (Lipinski definition) is 0. The van der Waals surface area contributed by atoms with Crippen LogP contribution in [0.1, 0.15) is 24.0 Å². The highest BCUT2D eigenvalue weighted by molar-refractivity contribution is 8.00. The first-order chi connectivity index (χ1) is 12.6. The molecule has 1 aliphatic heterocycles. The van der Waals surface area contributed by atoms with Crippen LogP contribution in [-0.2, 0) is 4.79 Å². The number of amides is 1. The average molecular weight is 384 g/mol. The molecule has 0 N–H and O–H groups in total. The molecule has 1 aliphatic rings. The Balaban J connectivity index is 1.65. The van der Waals surface area contributed by atoms with E-state index in [2.05, 4.69) is 47.4 Å². The molecule has 0 saturated carbocycles. The highest BCUT2D eigenvalue weighted by Gasteiger charge is 2.20. The van der Waals surface area contributed by atoms with Crippen LogP contribution in [0.15, 0.2) is 34.9 Å². The molecule has 1 aromatic carbocycles. The number of aromatic nitrogens is 2. The fourth-order valence-electron chi connectivity index (χ4n) is 3.27. The third-order valence-corrected chi connectivity index (χ3v) is 6.81. The van der Waals surface area contributed by atoms with Crippen LogP contribution in [0.25, 0.3) is 21.3 Å². The number of rotatable bonds is 4. The maximum Gasteiger partial charge on any atom is 0.232 e. The Bertz CT molecular complexity index is 961. The first-order valence-electron chi connectivity index (χ1n) is 8.84. The Kier molecular flexibility index (Phi) is 4.96. The van der Waals surface area contributed by atoms with Gasteiger partial charge in [-0.05, 0) is 43.4 Å². The minimum atomic E-state index is 0.210. The summed E-state index contributed by atoms with van der Waals surface area (Å²) in [5.74, 6) is 0.649. The highest BCUT2D eigenvalue weighted by Crippen LogP contribution is 2.38. The molecule has 4 rings (SSSR count). The molecule has 0 radical (unpaired) electrons. The summed E-state index contributed by atoms with van der Waals surface area (Å²) in [4.78, 5) is 24.3. The van der Waals surface area contributed by atoms with E-state index in [9.17, 15) is 4.79 Å². The lowest BCUT2D eigenvalue weighted by Gasteiger charge is -2.14. The van der Waals surface area contributed by atoms with Gasteiger partial charge in [-0.25, -0.2) is 9.97 Å². The molecule has 0 aliphatic carbocycles. The predicted molar refractivity (Wildman–Crippen MR) is 109 cm³/mol. The number of likely N-dealkylation sites (tertiary alicyclic amines) is 1. The van der Waals surface area contributed by atoms with Crippen molar-refractivity contribution in [2.45, 2.75) is 31.7 Å². The van der Waals surface area contributed by atoms with Crippen LogP contribution in [0.2, 0.25) is 0 Å².